The highest BCUT2D eigenvalue weighted by atomic mass is 19.1. The predicted octanol–water partition coefficient (Wildman–Crippen LogP) is 3.29. The zero-order valence-electron chi connectivity index (χ0n) is 13.0. The first kappa shape index (κ1) is 15.5. The highest BCUT2D eigenvalue weighted by Crippen LogP contribution is 2.28. The third kappa shape index (κ3) is 3.80. The summed E-state index contributed by atoms with van der Waals surface area (Å²) in [6.45, 7) is 10.4. The molecule has 1 saturated heterocycles. The van der Waals surface area contributed by atoms with E-state index >= 15 is 0 Å². The Morgan fingerprint density at radius 2 is 1.75 bits per heavy atom. The van der Waals surface area contributed by atoms with E-state index in [-0.39, 0.29) is 18.1 Å². The van der Waals surface area contributed by atoms with Crippen LogP contribution >= 0.6 is 0 Å². The van der Waals surface area contributed by atoms with Gasteiger partial charge in [0.1, 0.15) is 0 Å². The minimum absolute atomic E-state index is 0.170. The number of rotatable bonds is 4. The van der Waals surface area contributed by atoms with E-state index in [0.29, 0.717) is 6.42 Å². The molecule has 2 rings (SSSR count). The maximum absolute atomic E-state index is 12.9. The van der Waals surface area contributed by atoms with Crippen molar-refractivity contribution >= 4 is 0 Å². The molecule has 0 aromatic heterocycles. The quantitative estimate of drug-likeness (QED) is 0.909. The van der Waals surface area contributed by atoms with Crippen LogP contribution in [0.1, 0.15) is 44.4 Å². The smallest absolute Gasteiger partial charge is 0.0912 e. The summed E-state index contributed by atoms with van der Waals surface area (Å²) >= 11 is 0. The summed E-state index contributed by atoms with van der Waals surface area (Å²) in [5, 5.41) is 3.36. The van der Waals surface area contributed by atoms with E-state index in [0.717, 1.165) is 26.2 Å². The second-order valence-corrected chi connectivity index (χ2v) is 6.65. The third-order valence-corrected chi connectivity index (χ3v) is 4.14. The van der Waals surface area contributed by atoms with Crippen molar-refractivity contribution in [2.45, 2.75) is 38.6 Å². The molecule has 0 unspecified atom stereocenters. The Labute approximate surface area is 122 Å². The summed E-state index contributed by atoms with van der Waals surface area (Å²) in [5.74, 6) is 0. The van der Waals surface area contributed by atoms with Crippen LogP contribution in [0.25, 0.3) is 0 Å². The van der Waals surface area contributed by atoms with Crippen molar-refractivity contribution in [3.63, 3.8) is 0 Å². The lowest BCUT2D eigenvalue weighted by Gasteiger charge is -2.35. The fourth-order valence-electron chi connectivity index (χ4n) is 2.86. The van der Waals surface area contributed by atoms with Gasteiger partial charge in [-0.25, -0.2) is 0 Å². The highest BCUT2D eigenvalue weighted by molar-refractivity contribution is 5.29. The van der Waals surface area contributed by atoms with Gasteiger partial charge in [-0.3, -0.25) is 9.29 Å². The van der Waals surface area contributed by atoms with Gasteiger partial charge in [-0.1, -0.05) is 45.0 Å². The average molecular weight is 278 g/mol. The summed E-state index contributed by atoms with van der Waals surface area (Å²) < 4.78 is 12.9. The molecule has 0 saturated carbocycles. The van der Waals surface area contributed by atoms with Crippen molar-refractivity contribution in [1.82, 2.24) is 10.2 Å². The van der Waals surface area contributed by atoms with Gasteiger partial charge in [0.2, 0.25) is 0 Å². The lowest BCUT2D eigenvalue weighted by Crippen LogP contribution is -2.45. The Morgan fingerprint density at radius 3 is 2.25 bits per heavy atom. The second kappa shape index (κ2) is 6.68. The molecule has 2 nitrogen and oxygen atoms in total. The number of piperazine rings is 1. The SMILES string of the molecule is CC(C)(C)c1ccc([C@@H](CCF)N2CCNCC2)cc1. The Morgan fingerprint density at radius 1 is 1.15 bits per heavy atom. The first-order valence-corrected chi connectivity index (χ1v) is 7.63. The molecule has 0 amide bonds. The first-order valence-electron chi connectivity index (χ1n) is 7.63. The molecule has 1 atom stereocenters. The molecule has 20 heavy (non-hydrogen) atoms. The zero-order chi connectivity index (χ0) is 14.6. The van der Waals surface area contributed by atoms with Gasteiger partial charge < -0.3 is 5.32 Å². The third-order valence-electron chi connectivity index (χ3n) is 4.14. The van der Waals surface area contributed by atoms with Gasteiger partial charge in [0.05, 0.1) is 6.67 Å². The normalized spacial score (nSPS) is 19.0. The molecule has 1 aliphatic heterocycles. The first-order chi connectivity index (χ1) is 9.52. The predicted molar refractivity (Wildman–Crippen MR) is 82.9 cm³/mol. The molecule has 1 aliphatic rings. The van der Waals surface area contributed by atoms with E-state index in [4.69, 9.17) is 0 Å². The number of hydrogen-bond acceptors (Lipinski definition) is 2. The summed E-state index contributed by atoms with van der Waals surface area (Å²) in [6.07, 6.45) is 0.592. The van der Waals surface area contributed by atoms with Crippen LogP contribution in [-0.4, -0.2) is 37.8 Å². The van der Waals surface area contributed by atoms with E-state index in [1.807, 2.05) is 0 Å². The number of nitrogens with one attached hydrogen (secondary N) is 1. The Hall–Kier alpha value is -0.930. The Bertz CT molecular complexity index is 402. The molecule has 1 aromatic rings. The van der Waals surface area contributed by atoms with E-state index in [9.17, 15) is 4.39 Å². The van der Waals surface area contributed by atoms with Crippen LogP contribution in [0.2, 0.25) is 0 Å². The van der Waals surface area contributed by atoms with Gasteiger partial charge in [0, 0.05) is 32.2 Å². The van der Waals surface area contributed by atoms with E-state index in [1.165, 1.54) is 11.1 Å². The van der Waals surface area contributed by atoms with Crippen LogP contribution in [-0.2, 0) is 5.41 Å². The summed E-state index contributed by atoms with van der Waals surface area (Å²) in [4.78, 5) is 2.40. The van der Waals surface area contributed by atoms with E-state index in [2.05, 4.69) is 55.3 Å². The molecule has 1 aromatic carbocycles. The number of hydrogen-bond donors (Lipinski definition) is 1. The largest absolute Gasteiger partial charge is 0.314 e. The molecule has 1 heterocycles. The van der Waals surface area contributed by atoms with Crippen molar-refractivity contribution in [3.8, 4) is 0 Å². The topological polar surface area (TPSA) is 15.3 Å². The number of alkyl halides is 1. The van der Waals surface area contributed by atoms with Crippen LogP contribution in [0, 0.1) is 0 Å². The van der Waals surface area contributed by atoms with Crippen LogP contribution in [0.3, 0.4) is 0 Å². The van der Waals surface area contributed by atoms with Crippen molar-refractivity contribution in [1.29, 1.82) is 0 Å². The standard InChI is InChI=1S/C17H27FN2/c1-17(2,3)15-6-4-14(5-7-15)16(8-9-18)20-12-10-19-11-13-20/h4-7,16,19H,8-13H2,1-3H3/t16-/m1/s1. The van der Waals surface area contributed by atoms with Crippen LogP contribution in [0.5, 0.6) is 0 Å². The van der Waals surface area contributed by atoms with Crippen LogP contribution in [0.4, 0.5) is 4.39 Å². The van der Waals surface area contributed by atoms with Gasteiger partial charge in [0.25, 0.3) is 0 Å². The van der Waals surface area contributed by atoms with Crippen LogP contribution < -0.4 is 5.32 Å². The minimum Gasteiger partial charge on any atom is -0.314 e. The monoisotopic (exact) mass is 278 g/mol. The van der Waals surface area contributed by atoms with Crippen molar-refractivity contribution < 1.29 is 4.39 Å². The number of nitrogens with zero attached hydrogens (tertiary/aromatic N) is 1. The summed E-state index contributed by atoms with van der Waals surface area (Å²) in [7, 11) is 0. The molecule has 112 valence electrons. The van der Waals surface area contributed by atoms with E-state index in [1.54, 1.807) is 0 Å². The van der Waals surface area contributed by atoms with Crippen molar-refractivity contribution in [2.24, 2.45) is 0 Å². The molecular formula is C17H27FN2. The molecule has 1 fully saturated rings. The van der Waals surface area contributed by atoms with E-state index < -0.39 is 0 Å². The molecule has 0 aliphatic carbocycles. The lowest BCUT2D eigenvalue weighted by molar-refractivity contribution is 0.157. The van der Waals surface area contributed by atoms with Gasteiger partial charge in [0.15, 0.2) is 0 Å². The second-order valence-electron chi connectivity index (χ2n) is 6.65. The minimum atomic E-state index is -0.254. The lowest BCUT2D eigenvalue weighted by atomic mass is 9.86. The number of halogens is 1. The van der Waals surface area contributed by atoms with Gasteiger partial charge in [-0.15, -0.1) is 0 Å². The maximum atomic E-state index is 12.9. The zero-order valence-corrected chi connectivity index (χ0v) is 13.0. The molecular weight excluding hydrogens is 251 g/mol. The molecule has 0 bridgehead atoms. The Kier molecular flexibility index (Phi) is 5.17. The van der Waals surface area contributed by atoms with Gasteiger partial charge >= 0.3 is 0 Å². The molecule has 1 N–H and O–H groups in total. The maximum Gasteiger partial charge on any atom is 0.0912 e. The highest BCUT2D eigenvalue weighted by Gasteiger charge is 2.22. The van der Waals surface area contributed by atoms with Crippen molar-refractivity contribution in [2.75, 3.05) is 32.9 Å². The fourth-order valence-corrected chi connectivity index (χ4v) is 2.86. The summed E-state index contributed by atoms with van der Waals surface area (Å²) in [5.41, 5.74) is 2.75. The van der Waals surface area contributed by atoms with Crippen molar-refractivity contribution in [3.05, 3.63) is 35.4 Å². The summed E-state index contributed by atoms with van der Waals surface area (Å²) in [6, 6.07) is 8.98. The average Bonchev–Trinajstić information content (AvgIpc) is 2.45. The van der Waals surface area contributed by atoms with Gasteiger partial charge in [-0.05, 0) is 23.0 Å². The fraction of sp³-hybridized carbons (Fsp3) is 0.647. The van der Waals surface area contributed by atoms with Crippen LogP contribution in [0.15, 0.2) is 24.3 Å². The molecule has 3 heteroatoms. The molecule has 0 spiro atoms. The Balaban J connectivity index is 2.16. The number of benzene rings is 1. The molecule has 0 radical (unpaired) electrons. The van der Waals surface area contributed by atoms with Gasteiger partial charge in [-0.2, -0.15) is 0 Å².